The fourth-order valence-corrected chi connectivity index (χ4v) is 3.55. The summed E-state index contributed by atoms with van der Waals surface area (Å²) >= 11 is 1.85. The topological polar surface area (TPSA) is 46.2 Å². The van der Waals surface area contributed by atoms with Crippen LogP contribution in [0.25, 0.3) is 0 Å². The Bertz CT molecular complexity index is 278. The largest absolute Gasteiger partial charge is 0.314 e. The molecule has 0 saturated heterocycles. The van der Waals surface area contributed by atoms with Gasteiger partial charge in [-0.15, -0.1) is 0 Å². The van der Waals surface area contributed by atoms with Gasteiger partial charge in [-0.3, -0.25) is 0 Å². The lowest BCUT2D eigenvalue weighted by molar-refractivity contribution is 0.387. The van der Waals surface area contributed by atoms with Crippen LogP contribution in [0.4, 0.5) is 0 Å². The van der Waals surface area contributed by atoms with Gasteiger partial charge in [-0.2, -0.15) is 11.8 Å². The van der Waals surface area contributed by atoms with Crippen LogP contribution in [-0.4, -0.2) is 44.5 Å². The predicted octanol–water partition coefficient (Wildman–Crippen LogP) is 2.18. The molecule has 0 saturated carbocycles. The molecule has 5 heteroatoms. The summed E-state index contributed by atoms with van der Waals surface area (Å²) in [4.78, 5) is 0. The van der Waals surface area contributed by atoms with Crippen molar-refractivity contribution in [3.63, 3.8) is 0 Å². The Morgan fingerprint density at radius 3 is 2.41 bits per heavy atom. The first-order chi connectivity index (χ1) is 7.96. The predicted molar refractivity (Wildman–Crippen MR) is 78.6 cm³/mol. The van der Waals surface area contributed by atoms with Crippen molar-refractivity contribution < 1.29 is 8.42 Å². The first-order valence-electron chi connectivity index (χ1n) is 6.39. The van der Waals surface area contributed by atoms with E-state index in [2.05, 4.69) is 25.4 Å². The van der Waals surface area contributed by atoms with E-state index in [0.717, 1.165) is 25.1 Å². The zero-order chi connectivity index (χ0) is 13.3. The second-order valence-corrected chi connectivity index (χ2v) is 7.86. The highest BCUT2D eigenvalue weighted by molar-refractivity contribution is 7.98. The molecule has 1 N–H and O–H groups in total. The Balaban J connectivity index is 4.09. The van der Waals surface area contributed by atoms with Crippen molar-refractivity contribution in [3.05, 3.63) is 0 Å². The van der Waals surface area contributed by atoms with Gasteiger partial charge in [-0.05, 0) is 37.3 Å². The standard InChI is InChI=1S/C12H27NO2S2/c1-5-13-12(11(3)10-16-4)8-7-9-17(14,15)6-2/h11-13H,5-10H2,1-4H3. The Kier molecular flexibility index (Phi) is 9.37. The quantitative estimate of drug-likeness (QED) is 0.667. The number of thioether (sulfide) groups is 1. The van der Waals surface area contributed by atoms with E-state index in [1.54, 1.807) is 6.92 Å². The summed E-state index contributed by atoms with van der Waals surface area (Å²) in [5.41, 5.74) is 0. The average molecular weight is 281 g/mol. The highest BCUT2D eigenvalue weighted by atomic mass is 32.2. The maximum atomic E-state index is 11.4. The van der Waals surface area contributed by atoms with Crippen molar-refractivity contribution in [2.45, 2.75) is 39.7 Å². The zero-order valence-corrected chi connectivity index (χ0v) is 13.2. The summed E-state index contributed by atoms with van der Waals surface area (Å²) < 4.78 is 22.8. The van der Waals surface area contributed by atoms with Crippen molar-refractivity contribution in [1.29, 1.82) is 0 Å². The smallest absolute Gasteiger partial charge is 0.150 e. The molecule has 0 aromatic rings. The Hall–Kier alpha value is 0.260. The third kappa shape index (κ3) is 8.06. The number of rotatable bonds is 10. The Morgan fingerprint density at radius 2 is 1.94 bits per heavy atom. The van der Waals surface area contributed by atoms with E-state index < -0.39 is 9.84 Å². The molecule has 2 atom stereocenters. The molecule has 0 fully saturated rings. The van der Waals surface area contributed by atoms with Crippen LogP contribution in [0.15, 0.2) is 0 Å². The minimum Gasteiger partial charge on any atom is -0.314 e. The molecule has 0 rings (SSSR count). The fourth-order valence-electron chi connectivity index (χ4n) is 1.90. The van der Waals surface area contributed by atoms with Gasteiger partial charge in [0.2, 0.25) is 0 Å². The number of sulfone groups is 1. The molecule has 3 nitrogen and oxygen atoms in total. The fraction of sp³-hybridized carbons (Fsp3) is 1.00. The molecule has 0 radical (unpaired) electrons. The van der Waals surface area contributed by atoms with Gasteiger partial charge in [0.05, 0.1) is 5.75 Å². The minimum atomic E-state index is -2.80. The first-order valence-corrected chi connectivity index (χ1v) is 9.61. The average Bonchev–Trinajstić information content (AvgIpc) is 2.28. The molecule has 0 spiro atoms. The van der Waals surface area contributed by atoms with Crippen LogP contribution in [0, 0.1) is 5.92 Å². The molecule has 0 bridgehead atoms. The highest BCUT2D eigenvalue weighted by Crippen LogP contribution is 2.14. The van der Waals surface area contributed by atoms with Crippen LogP contribution in [-0.2, 0) is 9.84 Å². The number of nitrogens with one attached hydrogen (secondary N) is 1. The molecule has 2 unspecified atom stereocenters. The molecule has 0 aromatic heterocycles. The summed E-state index contributed by atoms with van der Waals surface area (Å²) in [7, 11) is -2.80. The summed E-state index contributed by atoms with van der Waals surface area (Å²) in [6.45, 7) is 7.00. The van der Waals surface area contributed by atoms with Crippen LogP contribution >= 0.6 is 11.8 Å². The summed E-state index contributed by atoms with van der Waals surface area (Å²) in [5.74, 6) is 2.31. The summed E-state index contributed by atoms with van der Waals surface area (Å²) in [6.07, 6.45) is 3.84. The lowest BCUT2D eigenvalue weighted by Gasteiger charge is -2.24. The van der Waals surface area contributed by atoms with Gasteiger partial charge in [0.1, 0.15) is 9.84 Å². The van der Waals surface area contributed by atoms with E-state index >= 15 is 0 Å². The molecule has 0 heterocycles. The summed E-state index contributed by atoms with van der Waals surface area (Å²) in [5, 5.41) is 3.46. The van der Waals surface area contributed by atoms with Crippen molar-refractivity contribution in [2.75, 3.05) is 30.1 Å². The third-order valence-electron chi connectivity index (χ3n) is 2.99. The highest BCUT2D eigenvalue weighted by Gasteiger charge is 2.16. The van der Waals surface area contributed by atoms with E-state index in [1.165, 1.54) is 0 Å². The maximum Gasteiger partial charge on any atom is 0.150 e. The second-order valence-electron chi connectivity index (χ2n) is 4.48. The van der Waals surface area contributed by atoms with Crippen molar-refractivity contribution in [1.82, 2.24) is 5.32 Å². The molecule has 0 aromatic carbocycles. The van der Waals surface area contributed by atoms with Crippen molar-refractivity contribution in [2.24, 2.45) is 5.92 Å². The summed E-state index contributed by atoms with van der Waals surface area (Å²) in [6, 6.07) is 0.444. The van der Waals surface area contributed by atoms with Crippen molar-refractivity contribution >= 4 is 21.6 Å². The molecule has 0 aliphatic carbocycles. The molecule has 0 aliphatic rings. The molecular weight excluding hydrogens is 254 g/mol. The lowest BCUT2D eigenvalue weighted by Crippen LogP contribution is -2.36. The molecular formula is C12H27NO2S2. The molecule has 0 amide bonds. The van der Waals surface area contributed by atoms with E-state index in [4.69, 9.17) is 0 Å². The van der Waals surface area contributed by atoms with Crippen LogP contribution in [0.2, 0.25) is 0 Å². The van der Waals surface area contributed by atoms with E-state index in [-0.39, 0.29) is 5.75 Å². The normalized spacial score (nSPS) is 15.8. The van der Waals surface area contributed by atoms with Crippen LogP contribution in [0.5, 0.6) is 0 Å². The SMILES string of the molecule is CCNC(CCCS(=O)(=O)CC)C(C)CSC. The van der Waals surface area contributed by atoms with Gasteiger partial charge in [-0.25, -0.2) is 8.42 Å². The monoisotopic (exact) mass is 281 g/mol. The van der Waals surface area contributed by atoms with Gasteiger partial charge in [0.15, 0.2) is 0 Å². The van der Waals surface area contributed by atoms with E-state index in [0.29, 0.717) is 17.7 Å². The van der Waals surface area contributed by atoms with Crippen LogP contribution < -0.4 is 5.32 Å². The van der Waals surface area contributed by atoms with Crippen molar-refractivity contribution in [3.8, 4) is 0 Å². The van der Waals surface area contributed by atoms with Gasteiger partial charge >= 0.3 is 0 Å². The number of hydrogen-bond acceptors (Lipinski definition) is 4. The zero-order valence-electron chi connectivity index (χ0n) is 11.5. The third-order valence-corrected chi connectivity index (χ3v) is 5.64. The maximum absolute atomic E-state index is 11.4. The second kappa shape index (κ2) is 9.22. The van der Waals surface area contributed by atoms with Gasteiger partial charge in [0, 0.05) is 11.8 Å². The van der Waals surface area contributed by atoms with Gasteiger partial charge < -0.3 is 5.32 Å². The first kappa shape index (κ1) is 17.3. The van der Waals surface area contributed by atoms with Gasteiger partial charge in [0.25, 0.3) is 0 Å². The number of hydrogen-bond donors (Lipinski definition) is 1. The lowest BCUT2D eigenvalue weighted by atomic mass is 9.99. The van der Waals surface area contributed by atoms with Crippen LogP contribution in [0.1, 0.15) is 33.6 Å². The van der Waals surface area contributed by atoms with Crippen LogP contribution in [0.3, 0.4) is 0 Å². The molecule has 0 aliphatic heterocycles. The minimum absolute atomic E-state index is 0.263. The van der Waals surface area contributed by atoms with E-state index in [9.17, 15) is 8.42 Å². The van der Waals surface area contributed by atoms with E-state index in [1.807, 2.05) is 11.8 Å². The Morgan fingerprint density at radius 1 is 1.29 bits per heavy atom. The van der Waals surface area contributed by atoms with Gasteiger partial charge in [-0.1, -0.05) is 20.8 Å². The molecule has 104 valence electrons. The Labute approximate surface area is 111 Å². The molecule has 17 heavy (non-hydrogen) atoms.